The van der Waals surface area contributed by atoms with E-state index in [9.17, 15) is 24.1 Å². The average Bonchev–Trinajstić information content (AvgIpc) is 2.64. The van der Waals surface area contributed by atoms with Gasteiger partial charge in [0, 0.05) is 13.2 Å². The Kier molecular flexibility index (Phi) is 4.09. The molecular weight excluding hydrogens is 297 g/mol. The van der Waals surface area contributed by atoms with E-state index in [1.165, 1.54) is 20.1 Å². The number of hydrogen-bond donors (Lipinski definition) is 1. The van der Waals surface area contributed by atoms with Crippen LogP contribution in [-0.2, 0) is 16.1 Å². The van der Waals surface area contributed by atoms with Gasteiger partial charge in [-0.1, -0.05) is 6.07 Å². The topological polar surface area (TPSA) is 102 Å². The first-order chi connectivity index (χ1) is 10.3. The van der Waals surface area contributed by atoms with Gasteiger partial charge in [-0.15, -0.1) is 0 Å². The third-order valence-corrected chi connectivity index (χ3v) is 3.39. The first-order valence-electron chi connectivity index (χ1n) is 6.35. The molecule has 1 heterocycles. The number of carbonyl (C=O) groups is 2. The smallest absolute Gasteiger partial charge is 0.325 e. The van der Waals surface area contributed by atoms with Gasteiger partial charge in [-0.3, -0.25) is 19.8 Å². The molecule has 0 aromatic heterocycles. The van der Waals surface area contributed by atoms with Crippen molar-refractivity contribution in [3.05, 3.63) is 39.7 Å². The molecule has 0 aliphatic carbocycles. The average molecular weight is 311 g/mol. The van der Waals surface area contributed by atoms with Gasteiger partial charge in [0.2, 0.25) is 0 Å². The number of amides is 3. The van der Waals surface area contributed by atoms with Crippen LogP contribution in [0.25, 0.3) is 0 Å². The minimum Gasteiger partial charge on any atom is -0.382 e. The number of nitrogens with one attached hydrogen (secondary N) is 1. The lowest BCUT2D eigenvalue weighted by molar-refractivity contribution is -0.385. The molecule has 2 rings (SSSR count). The van der Waals surface area contributed by atoms with Crippen molar-refractivity contribution in [2.45, 2.75) is 19.0 Å². The first-order valence-corrected chi connectivity index (χ1v) is 6.35. The van der Waals surface area contributed by atoms with Crippen molar-refractivity contribution in [3.63, 3.8) is 0 Å². The normalized spacial score (nSPS) is 21.1. The first kappa shape index (κ1) is 15.8. The van der Waals surface area contributed by atoms with Gasteiger partial charge in [-0.25, -0.2) is 9.18 Å². The van der Waals surface area contributed by atoms with Gasteiger partial charge in [-0.2, -0.15) is 0 Å². The number of imide groups is 1. The van der Waals surface area contributed by atoms with Crippen LogP contribution in [0.15, 0.2) is 18.2 Å². The molecule has 1 aliphatic heterocycles. The van der Waals surface area contributed by atoms with Crippen molar-refractivity contribution >= 4 is 17.6 Å². The molecule has 1 atom stereocenters. The molecule has 0 spiro atoms. The van der Waals surface area contributed by atoms with E-state index >= 15 is 0 Å². The molecule has 0 unspecified atom stereocenters. The second-order valence-electron chi connectivity index (χ2n) is 5.08. The van der Waals surface area contributed by atoms with E-state index < -0.39 is 40.4 Å². The zero-order valence-corrected chi connectivity index (χ0v) is 12.0. The summed E-state index contributed by atoms with van der Waals surface area (Å²) in [5.74, 6) is -1.48. The van der Waals surface area contributed by atoms with E-state index in [-0.39, 0.29) is 12.2 Å². The monoisotopic (exact) mass is 311 g/mol. The van der Waals surface area contributed by atoms with Crippen LogP contribution in [0, 0.1) is 15.9 Å². The highest BCUT2D eigenvalue weighted by molar-refractivity contribution is 6.06. The predicted octanol–water partition coefficient (Wildman–Crippen LogP) is 1.19. The molecule has 1 aliphatic rings. The van der Waals surface area contributed by atoms with Crippen molar-refractivity contribution in [2.75, 3.05) is 13.7 Å². The van der Waals surface area contributed by atoms with Crippen LogP contribution < -0.4 is 5.32 Å². The van der Waals surface area contributed by atoms with Crippen molar-refractivity contribution in [3.8, 4) is 0 Å². The van der Waals surface area contributed by atoms with Crippen LogP contribution in [0.5, 0.6) is 0 Å². The Labute approximate surface area is 125 Å². The number of carbonyl (C=O) groups excluding carboxylic acids is 2. The van der Waals surface area contributed by atoms with Gasteiger partial charge in [0.05, 0.1) is 23.6 Å². The maximum atomic E-state index is 13.9. The van der Waals surface area contributed by atoms with Crippen LogP contribution in [0.3, 0.4) is 0 Å². The summed E-state index contributed by atoms with van der Waals surface area (Å²) in [6.45, 7) is 0.882. The summed E-state index contributed by atoms with van der Waals surface area (Å²) in [5, 5.41) is 13.4. The molecule has 118 valence electrons. The van der Waals surface area contributed by atoms with E-state index in [1.54, 1.807) is 0 Å². The highest BCUT2D eigenvalue weighted by Gasteiger charge is 2.48. The molecule has 1 aromatic rings. The molecule has 0 radical (unpaired) electrons. The number of urea groups is 1. The van der Waals surface area contributed by atoms with E-state index in [2.05, 4.69) is 5.32 Å². The van der Waals surface area contributed by atoms with Gasteiger partial charge < -0.3 is 10.1 Å². The molecule has 1 N–H and O–H groups in total. The largest absolute Gasteiger partial charge is 0.382 e. The lowest BCUT2D eigenvalue weighted by Crippen LogP contribution is -2.47. The van der Waals surface area contributed by atoms with E-state index in [1.807, 2.05) is 0 Å². The number of nitro benzene ring substituents is 1. The Morgan fingerprint density at radius 3 is 2.73 bits per heavy atom. The second-order valence-corrected chi connectivity index (χ2v) is 5.08. The van der Waals surface area contributed by atoms with Crippen LogP contribution in [0.4, 0.5) is 14.9 Å². The van der Waals surface area contributed by atoms with Crippen molar-refractivity contribution in [2.24, 2.45) is 0 Å². The number of halogens is 1. The minimum atomic E-state index is -1.27. The molecule has 22 heavy (non-hydrogen) atoms. The zero-order valence-electron chi connectivity index (χ0n) is 12.0. The Morgan fingerprint density at radius 1 is 1.45 bits per heavy atom. The highest BCUT2D eigenvalue weighted by atomic mass is 19.1. The molecule has 1 fully saturated rings. The third kappa shape index (κ3) is 2.62. The number of nitrogens with zero attached hydrogens (tertiary/aromatic N) is 2. The molecule has 8 nitrogen and oxygen atoms in total. The van der Waals surface area contributed by atoms with E-state index in [4.69, 9.17) is 4.74 Å². The summed E-state index contributed by atoms with van der Waals surface area (Å²) in [6.07, 6.45) is 0. The molecule has 0 bridgehead atoms. The molecule has 1 saturated heterocycles. The minimum absolute atomic E-state index is 0.0621. The SMILES string of the molecule is COC[C@@]1(C)NC(=O)N(Cc2c(F)cccc2[N+](=O)[O-])C1=O. The maximum Gasteiger partial charge on any atom is 0.325 e. The predicted molar refractivity (Wildman–Crippen MR) is 72.4 cm³/mol. The summed E-state index contributed by atoms with van der Waals surface area (Å²) in [7, 11) is 1.37. The van der Waals surface area contributed by atoms with Crippen LogP contribution in [-0.4, -0.2) is 41.0 Å². The Morgan fingerprint density at radius 2 is 2.14 bits per heavy atom. The number of nitro groups is 1. The quantitative estimate of drug-likeness (QED) is 0.500. The third-order valence-electron chi connectivity index (χ3n) is 3.39. The van der Waals surface area contributed by atoms with E-state index in [0.29, 0.717) is 0 Å². The van der Waals surface area contributed by atoms with E-state index in [0.717, 1.165) is 17.0 Å². The lowest BCUT2D eigenvalue weighted by Gasteiger charge is -2.20. The Hall–Kier alpha value is -2.55. The second kappa shape index (κ2) is 5.68. The Bertz CT molecular complexity index is 651. The number of hydrogen-bond acceptors (Lipinski definition) is 5. The standard InChI is InChI=1S/C13H14FN3O5/c1-13(7-22-2)11(18)16(12(19)15-13)6-8-9(14)4-3-5-10(8)17(20)21/h3-5H,6-7H2,1-2H3,(H,15,19)/t13-/m1/s1. The number of rotatable bonds is 5. The maximum absolute atomic E-state index is 13.9. The summed E-state index contributed by atoms with van der Waals surface area (Å²) in [5.41, 5.74) is -2.08. The highest BCUT2D eigenvalue weighted by Crippen LogP contribution is 2.26. The number of methoxy groups -OCH3 is 1. The Balaban J connectivity index is 2.34. The zero-order chi connectivity index (χ0) is 16.5. The summed E-state index contributed by atoms with van der Waals surface area (Å²) in [4.78, 5) is 35.2. The fourth-order valence-electron chi connectivity index (χ4n) is 2.31. The molecule has 1 aromatic carbocycles. The van der Waals surface area contributed by atoms with Crippen LogP contribution in [0.1, 0.15) is 12.5 Å². The van der Waals surface area contributed by atoms with Crippen LogP contribution in [0.2, 0.25) is 0 Å². The number of ether oxygens (including phenoxy) is 1. The number of benzene rings is 1. The van der Waals surface area contributed by atoms with Crippen molar-refractivity contribution in [1.82, 2.24) is 10.2 Å². The lowest BCUT2D eigenvalue weighted by atomic mass is 10.0. The van der Waals surface area contributed by atoms with Gasteiger partial charge in [0.1, 0.15) is 11.4 Å². The molecule has 9 heteroatoms. The van der Waals surface area contributed by atoms with Crippen LogP contribution >= 0.6 is 0 Å². The molecule has 0 saturated carbocycles. The molecular formula is C13H14FN3O5. The fraction of sp³-hybridized carbons (Fsp3) is 0.385. The summed E-state index contributed by atoms with van der Waals surface area (Å²) >= 11 is 0. The van der Waals surface area contributed by atoms with Crippen molar-refractivity contribution < 1.29 is 23.6 Å². The van der Waals surface area contributed by atoms with Crippen molar-refractivity contribution in [1.29, 1.82) is 0 Å². The van der Waals surface area contributed by atoms with Gasteiger partial charge in [0.15, 0.2) is 0 Å². The van der Waals surface area contributed by atoms with Gasteiger partial charge in [0.25, 0.3) is 11.6 Å². The van der Waals surface area contributed by atoms with Gasteiger partial charge in [-0.05, 0) is 13.0 Å². The summed E-state index contributed by atoms with van der Waals surface area (Å²) in [6, 6.07) is 2.60. The summed E-state index contributed by atoms with van der Waals surface area (Å²) < 4.78 is 18.7. The molecule has 3 amide bonds. The van der Waals surface area contributed by atoms with Gasteiger partial charge >= 0.3 is 6.03 Å². The fourth-order valence-corrected chi connectivity index (χ4v) is 2.31.